The summed E-state index contributed by atoms with van der Waals surface area (Å²) >= 11 is 1.14. The van der Waals surface area contributed by atoms with Crippen molar-refractivity contribution < 1.29 is 39.4 Å². The fourth-order valence-electron chi connectivity index (χ4n) is 3.83. The number of hydrogen-bond acceptors (Lipinski definition) is 14. The Hall–Kier alpha value is -3.05. The summed E-state index contributed by atoms with van der Waals surface area (Å²) in [6, 6.07) is 6.41. The third-order valence-corrected chi connectivity index (χ3v) is 7.05. The number of nitrogens with zero attached hydrogens (tertiary/aromatic N) is 5. The molecule has 15 heteroatoms. The van der Waals surface area contributed by atoms with Gasteiger partial charge in [-0.25, -0.2) is 19.7 Å². The van der Waals surface area contributed by atoms with Gasteiger partial charge in [0.2, 0.25) is 0 Å². The number of likely N-dealkylation sites (N-methyl/N-ethyl adjacent to an activating group) is 1. The molecular weight excluding hydrogens is 532 g/mol. The van der Waals surface area contributed by atoms with E-state index in [1.165, 1.54) is 10.9 Å². The van der Waals surface area contributed by atoms with E-state index in [4.69, 9.17) is 19.9 Å². The average Bonchev–Trinajstić information content (AvgIpc) is 3.43. The zero-order valence-corrected chi connectivity index (χ0v) is 22.3. The van der Waals surface area contributed by atoms with Crippen LogP contribution in [0.3, 0.4) is 0 Å². The lowest BCUT2D eigenvalue weighted by molar-refractivity contribution is -0.0548. The van der Waals surface area contributed by atoms with E-state index < -0.39 is 43.2 Å². The molecule has 1 aromatic carbocycles. The summed E-state index contributed by atoms with van der Waals surface area (Å²) in [4.78, 5) is 26.6. The molecule has 14 nitrogen and oxygen atoms in total. The molecule has 39 heavy (non-hydrogen) atoms. The first-order chi connectivity index (χ1) is 18.7. The predicted molar refractivity (Wildman–Crippen MR) is 140 cm³/mol. The molecule has 3 heterocycles. The number of nitrogens with two attached hydrogens (primary N) is 1. The molecule has 0 spiro atoms. The number of hydrogen-bond donors (Lipinski definition) is 5. The van der Waals surface area contributed by atoms with E-state index in [0.717, 1.165) is 11.8 Å². The maximum Gasteiger partial charge on any atom is 0.338 e. The van der Waals surface area contributed by atoms with Gasteiger partial charge in [-0.05, 0) is 38.4 Å². The van der Waals surface area contributed by atoms with Crippen LogP contribution in [0.15, 0.2) is 35.7 Å². The van der Waals surface area contributed by atoms with Crippen molar-refractivity contribution in [3.63, 3.8) is 0 Å². The summed E-state index contributed by atoms with van der Waals surface area (Å²) in [5.74, 6) is 0.288. The van der Waals surface area contributed by atoms with Gasteiger partial charge in [-0.2, -0.15) is 0 Å². The Morgan fingerprint density at radius 1 is 1.23 bits per heavy atom. The molecule has 0 radical (unpaired) electrons. The van der Waals surface area contributed by atoms with E-state index in [9.17, 15) is 25.2 Å². The molecule has 1 aliphatic rings. The Labute approximate surface area is 228 Å². The highest BCUT2D eigenvalue weighted by Gasteiger charge is 2.45. The summed E-state index contributed by atoms with van der Waals surface area (Å²) in [7, 11) is 3.78. The molecule has 5 atom stereocenters. The lowest BCUT2D eigenvalue weighted by Gasteiger charge is -2.19. The lowest BCUT2D eigenvalue weighted by Crippen LogP contribution is -2.33. The number of aliphatic hydroxyl groups is 4. The molecule has 2 aromatic heterocycles. The van der Waals surface area contributed by atoms with Crippen LogP contribution >= 0.6 is 11.8 Å². The monoisotopic (exact) mass is 564 g/mol. The zero-order valence-electron chi connectivity index (χ0n) is 21.5. The Balaban J connectivity index is 1.38. The smallest absolute Gasteiger partial charge is 0.338 e. The molecule has 0 bridgehead atoms. The van der Waals surface area contributed by atoms with Gasteiger partial charge in [-0.1, -0.05) is 11.8 Å². The highest BCUT2D eigenvalue weighted by atomic mass is 32.2. The van der Waals surface area contributed by atoms with Gasteiger partial charge in [-0.15, -0.1) is 0 Å². The van der Waals surface area contributed by atoms with Crippen LogP contribution < -0.4 is 10.5 Å². The molecule has 1 saturated heterocycles. The van der Waals surface area contributed by atoms with Crippen LogP contribution in [0.1, 0.15) is 16.6 Å². The van der Waals surface area contributed by atoms with Crippen LogP contribution in [0.4, 0.5) is 5.82 Å². The number of carbonyl (C=O) groups excluding carboxylic acids is 1. The number of imidazole rings is 1. The van der Waals surface area contributed by atoms with E-state index in [1.54, 1.807) is 24.3 Å². The first-order valence-corrected chi connectivity index (χ1v) is 13.1. The van der Waals surface area contributed by atoms with Crippen LogP contribution in [0.25, 0.3) is 11.2 Å². The van der Waals surface area contributed by atoms with Crippen LogP contribution in [-0.2, 0) is 9.47 Å². The van der Waals surface area contributed by atoms with E-state index in [-0.39, 0.29) is 35.9 Å². The number of nitrogen functional groups attached to an aromatic ring is 1. The molecule has 0 aliphatic carbocycles. The van der Waals surface area contributed by atoms with Crippen molar-refractivity contribution in [3.8, 4) is 5.75 Å². The van der Waals surface area contributed by atoms with E-state index in [0.29, 0.717) is 23.0 Å². The van der Waals surface area contributed by atoms with Crippen molar-refractivity contribution in [3.05, 3.63) is 36.2 Å². The van der Waals surface area contributed by atoms with E-state index >= 15 is 0 Å². The average molecular weight is 565 g/mol. The molecule has 3 aromatic rings. The van der Waals surface area contributed by atoms with Gasteiger partial charge >= 0.3 is 5.97 Å². The van der Waals surface area contributed by atoms with Gasteiger partial charge in [0.05, 0.1) is 18.3 Å². The number of carbonyl (C=O) groups is 1. The molecule has 4 rings (SSSR count). The minimum atomic E-state index is -1.36. The van der Waals surface area contributed by atoms with E-state index in [1.807, 2.05) is 19.0 Å². The molecule has 0 saturated carbocycles. The van der Waals surface area contributed by atoms with Gasteiger partial charge in [0, 0.05) is 12.3 Å². The number of anilines is 1. The fraction of sp³-hybridized carbons (Fsp3) is 0.500. The standard InChI is InChI=1S/C24H32N6O8S/c1-29(2)7-8-36-23(35)13-3-5-15(6-4-13)37-10-14(32)11-39-24-28-17-20(25)26-12-27-21(17)30(24)22-19(34)18(33)16(9-31)38-22/h3-6,12,14,16,18-19,22,31-34H,7-11H2,1-2H3,(H2,25,26,27)/t14?,16-,18-,19-,22-/m1/s1. The Morgan fingerprint density at radius 2 is 1.97 bits per heavy atom. The number of aromatic nitrogens is 4. The lowest BCUT2D eigenvalue weighted by atomic mass is 10.1. The predicted octanol–water partition coefficient (Wildman–Crippen LogP) is -0.730. The second-order valence-electron chi connectivity index (χ2n) is 9.16. The third kappa shape index (κ3) is 6.75. The molecule has 6 N–H and O–H groups in total. The summed E-state index contributed by atoms with van der Waals surface area (Å²) in [6.07, 6.45) is -4.46. The molecule has 1 unspecified atom stereocenters. The first kappa shape index (κ1) is 28.9. The fourth-order valence-corrected chi connectivity index (χ4v) is 4.76. The maximum atomic E-state index is 12.1. The van der Waals surface area contributed by atoms with Gasteiger partial charge in [0.25, 0.3) is 0 Å². The summed E-state index contributed by atoms with van der Waals surface area (Å²) in [6.45, 7) is 0.375. The van der Waals surface area contributed by atoms with Crippen molar-refractivity contribution in [1.29, 1.82) is 0 Å². The number of fused-ring (bicyclic) bond motifs is 1. The highest BCUT2D eigenvalue weighted by Crippen LogP contribution is 2.36. The number of esters is 1. The number of benzene rings is 1. The van der Waals surface area contributed by atoms with Crippen LogP contribution in [0, 0.1) is 0 Å². The number of ether oxygens (including phenoxy) is 3. The van der Waals surface area contributed by atoms with Gasteiger partial charge in [-0.3, -0.25) is 4.57 Å². The minimum Gasteiger partial charge on any atom is -0.491 e. The van der Waals surface area contributed by atoms with Crippen molar-refractivity contribution in [1.82, 2.24) is 24.4 Å². The summed E-state index contributed by atoms with van der Waals surface area (Å²) in [5, 5.41) is 41.1. The third-order valence-electron chi connectivity index (χ3n) is 5.95. The summed E-state index contributed by atoms with van der Waals surface area (Å²) < 4.78 is 18.0. The van der Waals surface area contributed by atoms with Crippen LogP contribution in [0.2, 0.25) is 0 Å². The highest BCUT2D eigenvalue weighted by molar-refractivity contribution is 7.99. The topological polar surface area (TPSA) is 199 Å². The molecule has 1 aliphatic heterocycles. The SMILES string of the molecule is CN(C)CCOC(=O)c1ccc(OCC(O)CSc2nc3c(N)ncnc3n2[C@@H]2O[C@H](CO)[C@@H](O)[C@H]2O)cc1. The zero-order chi connectivity index (χ0) is 28.1. The van der Waals surface area contributed by atoms with Crippen molar-refractivity contribution >= 4 is 34.7 Å². The van der Waals surface area contributed by atoms with Crippen molar-refractivity contribution in [2.45, 2.75) is 35.8 Å². The van der Waals surface area contributed by atoms with Crippen LogP contribution in [-0.4, -0.2) is 121 Å². The normalized spacial score (nSPS) is 21.9. The molecule has 1 fully saturated rings. The molecular formula is C24H32N6O8S. The Kier molecular flexibility index (Phi) is 9.55. The second kappa shape index (κ2) is 12.9. The van der Waals surface area contributed by atoms with Crippen molar-refractivity contribution in [2.24, 2.45) is 0 Å². The number of thioether (sulfide) groups is 1. The number of aliphatic hydroxyl groups excluding tert-OH is 4. The van der Waals surface area contributed by atoms with E-state index in [2.05, 4.69) is 15.0 Å². The van der Waals surface area contributed by atoms with Gasteiger partial charge in [0.15, 0.2) is 28.4 Å². The first-order valence-electron chi connectivity index (χ1n) is 12.2. The molecule has 212 valence electrons. The largest absolute Gasteiger partial charge is 0.491 e. The second-order valence-corrected chi connectivity index (χ2v) is 10.2. The Bertz CT molecular complexity index is 1260. The van der Waals surface area contributed by atoms with Crippen LogP contribution in [0.5, 0.6) is 5.75 Å². The van der Waals surface area contributed by atoms with Gasteiger partial charge in [0.1, 0.15) is 43.6 Å². The quantitative estimate of drug-likeness (QED) is 0.136. The van der Waals surface area contributed by atoms with Gasteiger partial charge < -0.3 is 45.3 Å². The number of rotatable bonds is 12. The maximum absolute atomic E-state index is 12.1. The molecule has 0 amide bonds. The summed E-state index contributed by atoms with van der Waals surface area (Å²) in [5.41, 5.74) is 6.89. The van der Waals surface area contributed by atoms with Crippen molar-refractivity contribution in [2.75, 3.05) is 51.9 Å². The Morgan fingerprint density at radius 3 is 2.64 bits per heavy atom. The minimum absolute atomic E-state index is 0.0460.